The van der Waals surface area contributed by atoms with Gasteiger partial charge in [0, 0.05) is 4.88 Å². The summed E-state index contributed by atoms with van der Waals surface area (Å²) >= 11 is 1.45. The van der Waals surface area contributed by atoms with Crippen LogP contribution in [0.1, 0.15) is 43.2 Å². The largest absolute Gasteiger partial charge is 0.444 e. The number of rotatable bonds is 6. The Morgan fingerprint density at radius 2 is 1.76 bits per heavy atom. The summed E-state index contributed by atoms with van der Waals surface area (Å²) in [4.78, 5) is 25.8. The maximum Gasteiger partial charge on any atom is 0.408 e. The number of thioether (sulfide) groups is 1. The van der Waals surface area contributed by atoms with Crippen molar-refractivity contribution in [2.45, 2.75) is 44.5 Å². The Bertz CT molecular complexity index is 803. The van der Waals surface area contributed by atoms with Gasteiger partial charge < -0.3 is 10.1 Å². The molecule has 2 aromatic rings. The van der Waals surface area contributed by atoms with Gasteiger partial charge in [-0.25, -0.2) is 4.79 Å². The number of amides is 1. The maximum absolute atomic E-state index is 12.8. The van der Waals surface area contributed by atoms with Gasteiger partial charge in [0.1, 0.15) is 5.60 Å². The van der Waals surface area contributed by atoms with Gasteiger partial charge in [-0.3, -0.25) is 4.79 Å². The van der Waals surface area contributed by atoms with E-state index in [1.165, 1.54) is 11.3 Å². The number of halogens is 3. The normalized spacial score (nSPS) is 14.1. The highest BCUT2D eigenvalue weighted by atomic mass is 32.2. The third kappa shape index (κ3) is 7.74. The van der Waals surface area contributed by atoms with Crippen molar-refractivity contribution in [1.29, 1.82) is 0 Å². The molecule has 4 nitrogen and oxygen atoms in total. The van der Waals surface area contributed by atoms with Gasteiger partial charge in [-0.05, 0) is 37.8 Å². The third-order valence-electron chi connectivity index (χ3n) is 3.65. The lowest BCUT2D eigenvalue weighted by molar-refractivity contribution is -0.115. The summed E-state index contributed by atoms with van der Waals surface area (Å²) in [5.74, 6) is -2.28. The summed E-state index contributed by atoms with van der Waals surface area (Å²) in [6, 6.07) is 11.2. The summed E-state index contributed by atoms with van der Waals surface area (Å²) < 4.78 is 43.4. The molecule has 0 aliphatic rings. The zero-order valence-corrected chi connectivity index (χ0v) is 17.8. The van der Waals surface area contributed by atoms with Gasteiger partial charge in [0.25, 0.3) is 0 Å². The van der Waals surface area contributed by atoms with Crippen molar-refractivity contribution in [3.8, 4) is 0 Å². The van der Waals surface area contributed by atoms with Crippen LogP contribution in [0, 0.1) is 0 Å². The molecule has 1 aromatic carbocycles. The Labute approximate surface area is 175 Å². The molecule has 0 aliphatic carbocycles. The Balaban J connectivity index is 2.38. The Morgan fingerprint density at radius 3 is 2.28 bits per heavy atom. The molecule has 0 bridgehead atoms. The van der Waals surface area contributed by atoms with E-state index in [2.05, 4.69) is 5.32 Å². The van der Waals surface area contributed by atoms with Crippen LogP contribution in [0.4, 0.5) is 18.0 Å². The summed E-state index contributed by atoms with van der Waals surface area (Å²) in [5, 5.41) is 3.75. The van der Waals surface area contributed by atoms with Crippen LogP contribution in [0.25, 0.3) is 0 Å². The number of alkyl carbamates (subject to hydrolysis) is 1. The van der Waals surface area contributed by atoms with E-state index < -0.39 is 40.7 Å². The second-order valence-corrected chi connectivity index (χ2v) is 9.21. The molecule has 29 heavy (non-hydrogen) atoms. The molecular weight excluding hydrogens is 423 g/mol. The number of carbonyl (C=O) groups excluding carboxylic acids is 2. The summed E-state index contributed by atoms with van der Waals surface area (Å²) in [7, 11) is 0. The molecule has 0 saturated heterocycles. The van der Waals surface area contributed by atoms with Gasteiger partial charge in [0.15, 0.2) is 5.12 Å². The van der Waals surface area contributed by atoms with E-state index in [4.69, 9.17) is 4.74 Å². The lowest BCUT2D eigenvalue weighted by atomic mass is 9.92. The zero-order chi connectivity index (χ0) is 21.7. The number of nitrogens with one attached hydrogen (secondary N) is 1. The molecule has 158 valence electrons. The number of hydrogen-bond acceptors (Lipinski definition) is 5. The number of alkyl halides is 3. The predicted octanol–water partition coefficient (Wildman–Crippen LogP) is 5.92. The van der Waals surface area contributed by atoms with Crippen LogP contribution < -0.4 is 5.32 Å². The van der Waals surface area contributed by atoms with Crippen molar-refractivity contribution in [3.63, 3.8) is 0 Å². The highest BCUT2D eigenvalue weighted by molar-refractivity contribution is 8.13. The minimum atomic E-state index is -4.47. The van der Waals surface area contributed by atoms with Crippen molar-refractivity contribution in [2.75, 3.05) is 5.75 Å². The molecule has 1 N–H and O–H groups in total. The first-order valence-electron chi connectivity index (χ1n) is 8.77. The Morgan fingerprint density at radius 1 is 1.10 bits per heavy atom. The second-order valence-electron chi connectivity index (χ2n) is 7.25. The smallest absolute Gasteiger partial charge is 0.408 e. The van der Waals surface area contributed by atoms with Crippen LogP contribution in [0.2, 0.25) is 0 Å². The fourth-order valence-electron chi connectivity index (χ4n) is 2.58. The average Bonchev–Trinajstić information content (AvgIpc) is 3.12. The van der Waals surface area contributed by atoms with Crippen molar-refractivity contribution >= 4 is 34.3 Å². The summed E-state index contributed by atoms with van der Waals surface area (Å²) in [5.41, 5.74) is -0.170. The minimum Gasteiger partial charge on any atom is -0.444 e. The molecular formula is C20H22F3NO3S2. The quantitative estimate of drug-likeness (QED) is 0.600. The molecule has 0 fully saturated rings. The Kier molecular flexibility index (Phi) is 7.76. The number of benzene rings is 1. The van der Waals surface area contributed by atoms with Gasteiger partial charge >= 0.3 is 12.3 Å². The monoisotopic (exact) mass is 445 g/mol. The van der Waals surface area contributed by atoms with Gasteiger partial charge in [0.05, 0.1) is 17.7 Å². The van der Waals surface area contributed by atoms with Crippen LogP contribution in [-0.2, 0) is 9.53 Å². The number of hydrogen-bond donors (Lipinski definition) is 1. The molecule has 0 unspecified atom stereocenters. The number of ether oxygens (including phenoxy) is 1. The standard InChI is InChI=1S/C20H22F3NO3S2/c1-19(2,3)27-18(26)24-16(13-8-5-4-6-9-13)15(14-10-7-11-28-14)17(25)29-12-20(21,22)23/h4-11,15-16H,12H2,1-3H3,(H,24,26)/t15-,16-/m0/s1. The molecule has 1 aromatic heterocycles. The van der Waals surface area contributed by atoms with Crippen molar-refractivity contribution in [3.05, 3.63) is 58.3 Å². The van der Waals surface area contributed by atoms with Gasteiger partial charge in [-0.15, -0.1) is 11.3 Å². The van der Waals surface area contributed by atoms with E-state index in [1.54, 1.807) is 68.6 Å². The van der Waals surface area contributed by atoms with E-state index >= 15 is 0 Å². The SMILES string of the molecule is CC(C)(C)OC(=O)N[C@@H](c1ccccc1)[C@@H](C(=O)SCC(F)(F)F)c1cccs1. The molecule has 1 amide bonds. The highest BCUT2D eigenvalue weighted by Crippen LogP contribution is 2.38. The first-order valence-corrected chi connectivity index (χ1v) is 10.6. The lowest BCUT2D eigenvalue weighted by Crippen LogP contribution is -2.38. The Hall–Kier alpha value is -2.00. The summed E-state index contributed by atoms with van der Waals surface area (Å²) in [6.07, 6.45) is -5.22. The van der Waals surface area contributed by atoms with Crippen molar-refractivity contribution < 1.29 is 27.5 Å². The van der Waals surface area contributed by atoms with E-state index in [-0.39, 0.29) is 11.8 Å². The highest BCUT2D eigenvalue weighted by Gasteiger charge is 2.37. The van der Waals surface area contributed by atoms with Crippen LogP contribution >= 0.6 is 23.1 Å². The fraction of sp³-hybridized carbons (Fsp3) is 0.400. The summed E-state index contributed by atoms with van der Waals surface area (Å²) in [6.45, 7) is 5.10. The van der Waals surface area contributed by atoms with Crippen molar-refractivity contribution in [1.82, 2.24) is 5.32 Å². The third-order valence-corrected chi connectivity index (χ3v) is 5.61. The fourth-order valence-corrected chi connectivity index (χ4v) is 4.27. The van der Waals surface area contributed by atoms with Crippen molar-refractivity contribution in [2.24, 2.45) is 0 Å². The van der Waals surface area contributed by atoms with E-state index in [9.17, 15) is 22.8 Å². The molecule has 0 aliphatic heterocycles. The zero-order valence-electron chi connectivity index (χ0n) is 16.2. The minimum absolute atomic E-state index is 0.204. The van der Waals surface area contributed by atoms with E-state index in [0.29, 0.717) is 10.4 Å². The molecule has 2 atom stereocenters. The topological polar surface area (TPSA) is 55.4 Å². The molecule has 9 heteroatoms. The van der Waals surface area contributed by atoms with Gasteiger partial charge in [0.2, 0.25) is 0 Å². The average molecular weight is 446 g/mol. The molecule has 1 heterocycles. The van der Waals surface area contributed by atoms with Gasteiger partial charge in [-0.1, -0.05) is 48.2 Å². The first kappa shape index (κ1) is 23.3. The predicted molar refractivity (Wildman–Crippen MR) is 109 cm³/mol. The molecule has 0 spiro atoms. The van der Waals surface area contributed by atoms with Gasteiger partial charge in [-0.2, -0.15) is 13.2 Å². The maximum atomic E-state index is 12.8. The van der Waals surface area contributed by atoms with E-state index in [0.717, 1.165) is 0 Å². The van der Waals surface area contributed by atoms with Crippen LogP contribution in [0.15, 0.2) is 47.8 Å². The number of carbonyl (C=O) groups is 2. The van der Waals surface area contributed by atoms with Crippen LogP contribution in [0.3, 0.4) is 0 Å². The second kappa shape index (κ2) is 9.67. The molecule has 0 radical (unpaired) electrons. The molecule has 2 rings (SSSR count). The first-order chi connectivity index (χ1) is 13.5. The van der Waals surface area contributed by atoms with Crippen LogP contribution in [0.5, 0.6) is 0 Å². The molecule has 0 saturated carbocycles. The van der Waals surface area contributed by atoms with E-state index in [1.807, 2.05) is 0 Å². The van der Waals surface area contributed by atoms with Crippen LogP contribution in [-0.4, -0.2) is 28.7 Å². The number of thiophene rings is 1. The lowest BCUT2D eigenvalue weighted by Gasteiger charge is -2.28.